The quantitative estimate of drug-likeness (QED) is 0.727. The van der Waals surface area contributed by atoms with E-state index in [0.29, 0.717) is 5.92 Å². The summed E-state index contributed by atoms with van der Waals surface area (Å²) in [4.78, 5) is 14.7. The Morgan fingerprint density at radius 1 is 1.08 bits per heavy atom. The van der Waals surface area contributed by atoms with Gasteiger partial charge in [0.1, 0.15) is 0 Å². The minimum absolute atomic E-state index is 0.111. The molecule has 1 unspecified atom stereocenters. The molecule has 1 aromatic heterocycles. The van der Waals surface area contributed by atoms with Crippen LogP contribution in [0.5, 0.6) is 0 Å². The number of rotatable bonds is 3. The van der Waals surface area contributed by atoms with E-state index in [1.807, 2.05) is 58.1 Å². The summed E-state index contributed by atoms with van der Waals surface area (Å²) < 4.78 is 1.89. The van der Waals surface area contributed by atoms with Crippen molar-refractivity contribution >= 4 is 5.91 Å². The van der Waals surface area contributed by atoms with Crippen molar-refractivity contribution in [2.75, 3.05) is 13.1 Å². The van der Waals surface area contributed by atoms with Gasteiger partial charge in [-0.15, -0.1) is 0 Å². The Bertz CT molecular complexity index is 885. The maximum absolute atomic E-state index is 12.8. The average molecular weight is 331 g/mol. The number of likely N-dealkylation sites (tertiary alicyclic amines) is 1. The summed E-state index contributed by atoms with van der Waals surface area (Å²) in [7, 11) is 0. The Kier molecular flexibility index (Phi) is 4.10. The van der Waals surface area contributed by atoms with Crippen LogP contribution in [0.2, 0.25) is 0 Å². The molecular formula is C21H21N3O. The van der Waals surface area contributed by atoms with Crippen molar-refractivity contribution in [1.29, 1.82) is 0 Å². The van der Waals surface area contributed by atoms with Gasteiger partial charge in [-0.3, -0.25) is 4.79 Å². The van der Waals surface area contributed by atoms with E-state index in [9.17, 15) is 4.79 Å². The summed E-state index contributed by atoms with van der Waals surface area (Å²) >= 11 is 0. The second kappa shape index (κ2) is 6.55. The molecule has 1 fully saturated rings. The van der Waals surface area contributed by atoms with Gasteiger partial charge >= 0.3 is 0 Å². The van der Waals surface area contributed by atoms with Crippen LogP contribution in [0.15, 0.2) is 66.9 Å². The first-order chi connectivity index (χ1) is 12.2. The van der Waals surface area contributed by atoms with Gasteiger partial charge in [0.05, 0.1) is 17.6 Å². The Morgan fingerprint density at radius 2 is 1.92 bits per heavy atom. The minimum atomic E-state index is 0.111. The van der Waals surface area contributed by atoms with Gasteiger partial charge in [0.25, 0.3) is 5.91 Å². The molecule has 126 valence electrons. The van der Waals surface area contributed by atoms with Gasteiger partial charge < -0.3 is 4.90 Å². The van der Waals surface area contributed by atoms with Gasteiger partial charge in [-0.2, -0.15) is 5.10 Å². The van der Waals surface area contributed by atoms with Crippen molar-refractivity contribution < 1.29 is 4.79 Å². The van der Waals surface area contributed by atoms with Gasteiger partial charge in [-0.1, -0.05) is 43.3 Å². The highest BCUT2D eigenvalue weighted by Crippen LogP contribution is 2.24. The van der Waals surface area contributed by atoms with Crippen LogP contribution in [0, 0.1) is 5.92 Å². The molecule has 4 heteroatoms. The van der Waals surface area contributed by atoms with Crippen molar-refractivity contribution in [1.82, 2.24) is 14.7 Å². The first-order valence-corrected chi connectivity index (χ1v) is 8.71. The smallest absolute Gasteiger partial charge is 0.253 e. The number of carbonyl (C=O) groups is 1. The molecule has 0 bridgehead atoms. The van der Waals surface area contributed by atoms with Crippen LogP contribution in [0.3, 0.4) is 0 Å². The maximum Gasteiger partial charge on any atom is 0.253 e. The molecule has 0 spiro atoms. The Morgan fingerprint density at radius 3 is 2.68 bits per heavy atom. The molecule has 0 radical (unpaired) electrons. The predicted octanol–water partition coefficient (Wildman–Crippen LogP) is 4.02. The zero-order chi connectivity index (χ0) is 17.2. The lowest BCUT2D eigenvalue weighted by Gasteiger charge is -2.16. The molecule has 1 atom stereocenters. The molecule has 3 aromatic rings. The van der Waals surface area contributed by atoms with Gasteiger partial charge in [-0.05, 0) is 36.6 Å². The second-order valence-electron chi connectivity index (χ2n) is 6.69. The fourth-order valence-corrected chi connectivity index (χ4v) is 3.41. The van der Waals surface area contributed by atoms with Crippen LogP contribution in [-0.4, -0.2) is 33.7 Å². The van der Waals surface area contributed by atoms with Crippen molar-refractivity contribution in [3.63, 3.8) is 0 Å². The van der Waals surface area contributed by atoms with E-state index in [4.69, 9.17) is 0 Å². The first kappa shape index (κ1) is 15.6. The highest BCUT2D eigenvalue weighted by molar-refractivity contribution is 5.95. The minimum Gasteiger partial charge on any atom is -0.338 e. The summed E-state index contributed by atoms with van der Waals surface area (Å²) in [6.07, 6.45) is 2.88. The van der Waals surface area contributed by atoms with Crippen LogP contribution < -0.4 is 0 Å². The predicted molar refractivity (Wildman–Crippen MR) is 98.7 cm³/mol. The number of nitrogens with zero attached hydrogens (tertiary/aromatic N) is 3. The highest BCUT2D eigenvalue weighted by Gasteiger charge is 2.24. The molecule has 25 heavy (non-hydrogen) atoms. The number of aromatic nitrogens is 2. The zero-order valence-corrected chi connectivity index (χ0v) is 14.3. The van der Waals surface area contributed by atoms with Crippen LogP contribution in [0.1, 0.15) is 23.7 Å². The topological polar surface area (TPSA) is 38.1 Å². The van der Waals surface area contributed by atoms with Crippen molar-refractivity contribution in [3.05, 3.63) is 72.4 Å². The average Bonchev–Trinajstić information content (AvgIpc) is 3.31. The Labute approximate surface area is 147 Å². The third kappa shape index (κ3) is 3.07. The fraction of sp³-hybridized carbons (Fsp3) is 0.238. The van der Waals surface area contributed by atoms with Crippen LogP contribution >= 0.6 is 0 Å². The van der Waals surface area contributed by atoms with Crippen LogP contribution in [-0.2, 0) is 0 Å². The molecule has 4 rings (SSSR count). The molecule has 1 saturated heterocycles. The summed E-state index contributed by atoms with van der Waals surface area (Å²) in [6.45, 7) is 3.89. The molecule has 4 nitrogen and oxygen atoms in total. The summed E-state index contributed by atoms with van der Waals surface area (Å²) in [5.41, 5.74) is 3.74. The van der Waals surface area contributed by atoms with E-state index in [-0.39, 0.29) is 5.91 Å². The monoisotopic (exact) mass is 331 g/mol. The first-order valence-electron chi connectivity index (χ1n) is 8.71. The van der Waals surface area contributed by atoms with E-state index >= 15 is 0 Å². The number of hydrogen-bond donors (Lipinski definition) is 0. The van der Waals surface area contributed by atoms with Crippen LogP contribution in [0.25, 0.3) is 16.9 Å². The SMILES string of the molecule is CC1CCN(C(=O)c2cccc(-n3nccc3-c3ccccc3)c2)C1. The van der Waals surface area contributed by atoms with Gasteiger partial charge in [0.2, 0.25) is 0 Å². The summed E-state index contributed by atoms with van der Waals surface area (Å²) in [5, 5.41) is 4.46. The molecule has 0 saturated carbocycles. The largest absolute Gasteiger partial charge is 0.338 e. The number of hydrogen-bond acceptors (Lipinski definition) is 2. The second-order valence-corrected chi connectivity index (χ2v) is 6.69. The summed E-state index contributed by atoms with van der Waals surface area (Å²) in [5.74, 6) is 0.697. The van der Waals surface area contributed by atoms with Gasteiger partial charge in [0.15, 0.2) is 0 Å². The molecule has 0 N–H and O–H groups in total. The van der Waals surface area contributed by atoms with E-state index < -0.39 is 0 Å². The number of carbonyl (C=O) groups excluding carboxylic acids is 1. The molecule has 2 aromatic carbocycles. The van der Waals surface area contributed by atoms with Crippen molar-refractivity contribution in [3.8, 4) is 16.9 Å². The van der Waals surface area contributed by atoms with E-state index in [0.717, 1.165) is 42.0 Å². The lowest BCUT2D eigenvalue weighted by atomic mass is 10.1. The lowest BCUT2D eigenvalue weighted by Crippen LogP contribution is -2.28. The number of benzene rings is 2. The highest BCUT2D eigenvalue weighted by atomic mass is 16.2. The normalized spacial score (nSPS) is 17.0. The lowest BCUT2D eigenvalue weighted by molar-refractivity contribution is 0.0788. The molecule has 1 aliphatic rings. The Balaban J connectivity index is 1.67. The molecule has 0 aliphatic carbocycles. The zero-order valence-electron chi connectivity index (χ0n) is 14.3. The van der Waals surface area contributed by atoms with Crippen molar-refractivity contribution in [2.24, 2.45) is 5.92 Å². The molecular weight excluding hydrogens is 310 g/mol. The standard InChI is InChI=1S/C21H21N3O/c1-16-11-13-23(15-16)21(25)18-8-5-9-19(14-18)24-20(10-12-22-24)17-6-3-2-4-7-17/h2-10,12,14,16H,11,13,15H2,1H3. The van der Waals surface area contributed by atoms with Crippen molar-refractivity contribution in [2.45, 2.75) is 13.3 Å². The molecule has 2 heterocycles. The Hall–Kier alpha value is -2.88. The van der Waals surface area contributed by atoms with Gasteiger partial charge in [0, 0.05) is 24.2 Å². The van der Waals surface area contributed by atoms with Crippen LogP contribution in [0.4, 0.5) is 0 Å². The van der Waals surface area contributed by atoms with E-state index in [1.165, 1.54) is 0 Å². The third-order valence-corrected chi connectivity index (χ3v) is 4.76. The van der Waals surface area contributed by atoms with E-state index in [2.05, 4.69) is 24.2 Å². The number of amides is 1. The molecule has 1 aliphatic heterocycles. The van der Waals surface area contributed by atoms with E-state index in [1.54, 1.807) is 6.20 Å². The maximum atomic E-state index is 12.8. The van der Waals surface area contributed by atoms with Gasteiger partial charge in [-0.25, -0.2) is 4.68 Å². The third-order valence-electron chi connectivity index (χ3n) is 4.76. The molecule has 1 amide bonds. The summed E-state index contributed by atoms with van der Waals surface area (Å²) in [6, 6.07) is 19.9. The fourth-order valence-electron chi connectivity index (χ4n) is 3.41.